The number of alkyl carbamates (subject to hydrolysis) is 1. The molecule has 0 unspecified atom stereocenters. The highest BCUT2D eigenvalue weighted by atomic mass is 16.6. The van der Waals surface area contributed by atoms with Crippen LogP contribution in [0.15, 0.2) is 78.9 Å². The van der Waals surface area contributed by atoms with Gasteiger partial charge in [0.2, 0.25) is 5.91 Å². The number of nitrogens with one attached hydrogen (secondary N) is 1. The first kappa shape index (κ1) is 26.4. The van der Waals surface area contributed by atoms with Gasteiger partial charge in [-0.3, -0.25) is 9.69 Å². The van der Waals surface area contributed by atoms with Gasteiger partial charge >= 0.3 is 12.1 Å². The zero-order chi connectivity index (χ0) is 27.7. The molecule has 202 valence electrons. The lowest BCUT2D eigenvalue weighted by Crippen LogP contribution is -2.58. The van der Waals surface area contributed by atoms with Crippen LogP contribution in [0.3, 0.4) is 0 Å². The summed E-state index contributed by atoms with van der Waals surface area (Å²) in [5.41, 5.74) is 4.04. The highest BCUT2D eigenvalue weighted by molar-refractivity contribution is 5.91. The van der Waals surface area contributed by atoms with Gasteiger partial charge in [-0.15, -0.1) is 0 Å². The van der Waals surface area contributed by atoms with Gasteiger partial charge in [0.25, 0.3) is 0 Å². The van der Waals surface area contributed by atoms with Crippen molar-refractivity contribution >= 4 is 18.0 Å². The van der Waals surface area contributed by atoms with E-state index < -0.39 is 41.9 Å². The van der Waals surface area contributed by atoms with Crippen molar-refractivity contribution in [3.63, 3.8) is 0 Å². The normalized spacial score (nSPS) is 20.1. The van der Waals surface area contributed by atoms with E-state index in [0.717, 1.165) is 27.8 Å². The fourth-order valence-corrected chi connectivity index (χ4v) is 5.83. The number of carbonyl (C=O) groups excluding carboxylic acids is 2. The molecule has 2 amide bonds. The van der Waals surface area contributed by atoms with Crippen LogP contribution < -0.4 is 5.32 Å². The highest BCUT2D eigenvalue weighted by Gasteiger charge is 2.53. The third-order valence-corrected chi connectivity index (χ3v) is 7.48. The Morgan fingerprint density at radius 2 is 1.51 bits per heavy atom. The van der Waals surface area contributed by atoms with E-state index in [1.54, 1.807) is 20.8 Å². The molecule has 3 aromatic carbocycles. The van der Waals surface area contributed by atoms with Crippen LogP contribution in [-0.4, -0.2) is 58.5 Å². The number of carboxylic acids is 1. The molecule has 2 N–H and O–H groups in total. The van der Waals surface area contributed by atoms with E-state index in [2.05, 4.69) is 17.4 Å². The molecule has 1 aliphatic carbocycles. The molecule has 8 nitrogen and oxygen atoms in total. The lowest BCUT2D eigenvalue weighted by Gasteiger charge is -2.35. The Morgan fingerprint density at radius 1 is 0.949 bits per heavy atom. The lowest BCUT2D eigenvalue weighted by molar-refractivity contribution is -0.156. The summed E-state index contributed by atoms with van der Waals surface area (Å²) in [4.78, 5) is 40.3. The SMILES string of the molecule is C[C@H]1OC(C)(C)N(C(=O)[C@H](Cc2ccccc2)NC(=O)OCC2c3ccccc3-c3ccccc32)[C@@H]1C(=O)O. The van der Waals surface area contributed by atoms with Crippen LogP contribution in [0.2, 0.25) is 0 Å². The van der Waals surface area contributed by atoms with Crippen molar-refractivity contribution in [3.05, 3.63) is 95.6 Å². The van der Waals surface area contributed by atoms with Crippen molar-refractivity contribution in [1.29, 1.82) is 0 Å². The van der Waals surface area contributed by atoms with Gasteiger partial charge in [-0.1, -0.05) is 78.9 Å². The van der Waals surface area contributed by atoms with Crippen LogP contribution in [0.25, 0.3) is 11.1 Å². The summed E-state index contributed by atoms with van der Waals surface area (Å²) in [6.07, 6.45) is -1.30. The summed E-state index contributed by atoms with van der Waals surface area (Å²) in [6, 6.07) is 23.1. The maximum atomic E-state index is 13.9. The molecule has 0 saturated carbocycles. The molecule has 3 atom stereocenters. The van der Waals surface area contributed by atoms with Crippen LogP contribution in [0.5, 0.6) is 0 Å². The van der Waals surface area contributed by atoms with Crippen molar-refractivity contribution in [1.82, 2.24) is 10.2 Å². The molecular formula is C31H32N2O6. The fraction of sp³-hybridized carbons (Fsp3) is 0.323. The maximum absolute atomic E-state index is 13.9. The average molecular weight is 529 g/mol. The molecule has 3 aromatic rings. The molecule has 0 aromatic heterocycles. The lowest BCUT2D eigenvalue weighted by atomic mass is 9.98. The Hall–Kier alpha value is -4.17. The summed E-state index contributed by atoms with van der Waals surface area (Å²) >= 11 is 0. The summed E-state index contributed by atoms with van der Waals surface area (Å²) < 4.78 is 11.5. The number of carbonyl (C=O) groups is 3. The second-order valence-electron chi connectivity index (χ2n) is 10.5. The highest BCUT2D eigenvalue weighted by Crippen LogP contribution is 2.44. The van der Waals surface area contributed by atoms with Crippen molar-refractivity contribution in [2.24, 2.45) is 0 Å². The second kappa shape index (κ2) is 10.5. The predicted molar refractivity (Wildman–Crippen MR) is 145 cm³/mol. The molecule has 0 radical (unpaired) electrons. The Balaban J connectivity index is 1.36. The molecule has 2 aliphatic rings. The quantitative estimate of drug-likeness (QED) is 0.465. The first-order valence-corrected chi connectivity index (χ1v) is 13.1. The van der Waals surface area contributed by atoms with E-state index in [9.17, 15) is 19.5 Å². The third kappa shape index (κ3) is 5.12. The maximum Gasteiger partial charge on any atom is 0.407 e. The van der Waals surface area contributed by atoms with Crippen molar-refractivity contribution in [2.45, 2.75) is 57.0 Å². The number of fused-ring (bicyclic) bond motifs is 3. The summed E-state index contributed by atoms with van der Waals surface area (Å²) in [5, 5.41) is 12.6. The molecule has 5 rings (SSSR count). The minimum absolute atomic E-state index is 0.0964. The van der Waals surface area contributed by atoms with Crippen molar-refractivity contribution < 1.29 is 29.0 Å². The zero-order valence-electron chi connectivity index (χ0n) is 22.2. The predicted octanol–water partition coefficient (Wildman–Crippen LogP) is 4.57. The largest absolute Gasteiger partial charge is 0.480 e. The van der Waals surface area contributed by atoms with Gasteiger partial charge in [0.1, 0.15) is 18.4 Å². The van der Waals surface area contributed by atoms with E-state index >= 15 is 0 Å². The van der Waals surface area contributed by atoms with Crippen molar-refractivity contribution in [3.8, 4) is 11.1 Å². The number of nitrogens with zero attached hydrogens (tertiary/aromatic N) is 1. The molecule has 1 saturated heterocycles. The molecule has 1 fully saturated rings. The molecule has 0 spiro atoms. The first-order chi connectivity index (χ1) is 18.7. The Bertz CT molecular complexity index is 1340. The molecule has 1 aliphatic heterocycles. The molecule has 8 heteroatoms. The van der Waals surface area contributed by atoms with Crippen LogP contribution in [0.1, 0.15) is 43.4 Å². The van der Waals surface area contributed by atoms with E-state index in [0.29, 0.717) is 0 Å². The third-order valence-electron chi connectivity index (χ3n) is 7.48. The van der Waals surface area contributed by atoms with E-state index in [1.165, 1.54) is 4.90 Å². The van der Waals surface area contributed by atoms with E-state index in [-0.39, 0.29) is 18.9 Å². The Morgan fingerprint density at radius 3 is 2.10 bits per heavy atom. The summed E-state index contributed by atoms with van der Waals surface area (Å²) in [5.74, 6) is -1.84. The molecule has 39 heavy (non-hydrogen) atoms. The minimum atomic E-state index is -1.19. The van der Waals surface area contributed by atoms with Gasteiger partial charge < -0.3 is 19.9 Å². The molecule has 1 heterocycles. The van der Waals surface area contributed by atoms with Crippen LogP contribution >= 0.6 is 0 Å². The number of amides is 2. The monoisotopic (exact) mass is 528 g/mol. The number of rotatable bonds is 7. The minimum Gasteiger partial charge on any atom is -0.480 e. The number of hydrogen-bond acceptors (Lipinski definition) is 5. The first-order valence-electron chi connectivity index (χ1n) is 13.1. The number of aliphatic carboxylic acids is 1. The Kier molecular flexibility index (Phi) is 7.14. The molecular weight excluding hydrogens is 496 g/mol. The summed E-state index contributed by atoms with van der Waals surface area (Å²) in [6.45, 7) is 5.02. The smallest absolute Gasteiger partial charge is 0.407 e. The van der Waals surface area contributed by atoms with E-state index in [4.69, 9.17) is 9.47 Å². The topological polar surface area (TPSA) is 105 Å². The van der Waals surface area contributed by atoms with Gasteiger partial charge in [-0.25, -0.2) is 9.59 Å². The van der Waals surface area contributed by atoms with Crippen LogP contribution in [0.4, 0.5) is 4.79 Å². The second-order valence-corrected chi connectivity index (χ2v) is 10.5. The summed E-state index contributed by atoms with van der Waals surface area (Å²) in [7, 11) is 0. The molecule has 0 bridgehead atoms. The number of carboxylic acid groups (broad SMARTS) is 1. The fourth-order valence-electron chi connectivity index (χ4n) is 5.83. The number of hydrogen-bond donors (Lipinski definition) is 2. The average Bonchev–Trinajstić information content (AvgIpc) is 3.36. The standard InChI is InChI=1S/C31H32N2O6/c1-19-27(29(35)36)33(31(2,3)39-19)28(34)26(17-20-11-5-4-6-12-20)32-30(37)38-18-25-23-15-9-7-13-21(23)22-14-8-10-16-24(22)25/h4-16,19,25-27H,17-18H2,1-3H3,(H,32,37)(H,35,36)/t19-,26+,27+/m1/s1. The van der Waals surface area contributed by atoms with Gasteiger partial charge in [0.15, 0.2) is 6.04 Å². The van der Waals surface area contributed by atoms with Gasteiger partial charge in [0, 0.05) is 12.3 Å². The van der Waals surface area contributed by atoms with Gasteiger partial charge in [0.05, 0.1) is 6.10 Å². The van der Waals surface area contributed by atoms with Gasteiger partial charge in [-0.2, -0.15) is 0 Å². The zero-order valence-corrected chi connectivity index (χ0v) is 22.2. The number of benzene rings is 3. The van der Waals surface area contributed by atoms with Crippen LogP contribution in [-0.2, 0) is 25.5 Å². The van der Waals surface area contributed by atoms with Crippen LogP contribution in [0, 0.1) is 0 Å². The van der Waals surface area contributed by atoms with Crippen molar-refractivity contribution in [2.75, 3.05) is 6.61 Å². The Labute approximate surface area is 227 Å². The number of ether oxygens (including phenoxy) is 2. The van der Waals surface area contributed by atoms with Gasteiger partial charge in [-0.05, 0) is 48.6 Å². The van der Waals surface area contributed by atoms with E-state index in [1.807, 2.05) is 66.7 Å².